The van der Waals surface area contributed by atoms with E-state index in [4.69, 9.17) is 0 Å². The van der Waals surface area contributed by atoms with Crippen molar-refractivity contribution in [1.29, 1.82) is 0 Å². The molecule has 0 spiro atoms. The van der Waals surface area contributed by atoms with Gasteiger partial charge in [-0.25, -0.2) is 4.79 Å². The lowest BCUT2D eigenvalue weighted by molar-refractivity contribution is -0.384. The lowest BCUT2D eigenvalue weighted by Gasteiger charge is -2.09. The molecular formula is C14H12N2O5. The van der Waals surface area contributed by atoms with E-state index in [2.05, 4.69) is 10.1 Å². The number of nitro groups is 1. The number of carbonyl (C=O) groups excluding carboxylic acids is 1. The predicted molar refractivity (Wildman–Crippen MR) is 75.8 cm³/mol. The number of rotatable bonds is 4. The van der Waals surface area contributed by atoms with E-state index in [0.717, 1.165) is 0 Å². The largest absolute Gasteiger partial charge is 0.506 e. The van der Waals surface area contributed by atoms with Gasteiger partial charge in [0, 0.05) is 17.8 Å². The van der Waals surface area contributed by atoms with Crippen LogP contribution < -0.4 is 5.32 Å². The Morgan fingerprint density at radius 2 is 2.05 bits per heavy atom. The van der Waals surface area contributed by atoms with Gasteiger partial charge in [0.15, 0.2) is 0 Å². The molecule has 0 unspecified atom stereocenters. The molecule has 0 fully saturated rings. The van der Waals surface area contributed by atoms with Gasteiger partial charge in [-0.05, 0) is 24.3 Å². The number of carbonyl (C=O) groups is 1. The van der Waals surface area contributed by atoms with Crippen molar-refractivity contribution in [2.45, 2.75) is 0 Å². The normalized spacial score (nSPS) is 9.95. The number of phenolic OH excluding ortho intramolecular Hbond substituents is 1. The summed E-state index contributed by atoms with van der Waals surface area (Å²) in [7, 11) is 1.25. The molecule has 2 rings (SSSR count). The molecule has 7 nitrogen and oxygen atoms in total. The van der Waals surface area contributed by atoms with Crippen LogP contribution in [0.3, 0.4) is 0 Å². The SMILES string of the molecule is COC(=O)c1ccc(O)c(Nc2cccc([N+](=O)[O-])c2)c1. The van der Waals surface area contributed by atoms with E-state index in [1.54, 1.807) is 6.07 Å². The molecule has 0 amide bonds. The van der Waals surface area contributed by atoms with E-state index >= 15 is 0 Å². The predicted octanol–water partition coefficient (Wildman–Crippen LogP) is 2.83. The molecule has 2 aromatic rings. The average molecular weight is 288 g/mol. The fraction of sp³-hybridized carbons (Fsp3) is 0.0714. The summed E-state index contributed by atoms with van der Waals surface area (Å²) < 4.78 is 4.59. The Kier molecular flexibility index (Phi) is 4.03. The van der Waals surface area contributed by atoms with E-state index in [0.29, 0.717) is 5.69 Å². The topological polar surface area (TPSA) is 102 Å². The van der Waals surface area contributed by atoms with Crippen LogP contribution in [0.5, 0.6) is 5.75 Å². The molecule has 0 saturated carbocycles. The molecule has 108 valence electrons. The van der Waals surface area contributed by atoms with Crippen LogP contribution in [0.1, 0.15) is 10.4 Å². The number of nitrogens with one attached hydrogen (secondary N) is 1. The van der Waals surface area contributed by atoms with Gasteiger partial charge in [0.2, 0.25) is 0 Å². The van der Waals surface area contributed by atoms with Gasteiger partial charge >= 0.3 is 5.97 Å². The molecular weight excluding hydrogens is 276 g/mol. The number of nitro benzene ring substituents is 1. The number of methoxy groups -OCH3 is 1. The molecule has 0 atom stereocenters. The van der Waals surface area contributed by atoms with Crippen molar-refractivity contribution >= 4 is 23.0 Å². The third-order valence-electron chi connectivity index (χ3n) is 2.75. The maximum atomic E-state index is 11.5. The molecule has 0 aromatic heterocycles. The zero-order chi connectivity index (χ0) is 15.4. The lowest BCUT2D eigenvalue weighted by Crippen LogP contribution is -2.02. The second-order valence-electron chi connectivity index (χ2n) is 4.16. The second kappa shape index (κ2) is 5.91. The van der Waals surface area contributed by atoms with E-state index < -0.39 is 10.9 Å². The van der Waals surface area contributed by atoms with E-state index in [9.17, 15) is 20.0 Å². The van der Waals surface area contributed by atoms with Crippen LogP contribution in [0.15, 0.2) is 42.5 Å². The summed E-state index contributed by atoms with van der Waals surface area (Å²) in [4.78, 5) is 21.7. The van der Waals surface area contributed by atoms with E-state index in [1.165, 1.54) is 43.5 Å². The molecule has 0 heterocycles. The van der Waals surface area contributed by atoms with Gasteiger partial charge in [0.1, 0.15) is 5.75 Å². The minimum absolute atomic E-state index is 0.0800. The Bertz CT molecular complexity index is 700. The fourth-order valence-electron chi connectivity index (χ4n) is 1.73. The summed E-state index contributed by atoms with van der Waals surface area (Å²) in [6.45, 7) is 0. The van der Waals surface area contributed by atoms with Crippen LogP contribution >= 0.6 is 0 Å². The van der Waals surface area contributed by atoms with Gasteiger partial charge in [-0.15, -0.1) is 0 Å². The molecule has 7 heteroatoms. The summed E-state index contributed by atoms with van der Waals surface area (Å²) in [5.74, 6) is -0.633. The number of anilines is 2. The first-order valence-electron chi connectivity index (χ1n) is 5.94. The number of phenols is 1. The zero-order valence-corrected chi connectivity index (χ0v) is 11.1. The van der Waals surface area contributed by atoms with Crippen molar-refractivity contribution in [3.05, 3.63) is 58.1 Å². The molecule has 2 aromatic carbocycles. The number of hydrogen-bond acceptors (Lipinski definition) is 6. The van der Waals surface area contributed by atoms with Gasteiger partial charge in [0.05, 0.1) is 23.3 Å². The number of aromatic hydroxyl groups is 1. The Labute approximate surface area is 119 Å². The first-order chi connectivity index (χ1) is 10.0. The zero-order valence-electron chi connectivity index (χ0n) is 11.1. The Balaban J connectivity index is 2.32. The van der Waals surface area contributed by atoms with Crippen LogP contribution in [0.2, 0.25) is 0 Å². The van der Waals surface area contributed by atoms with Crippen molar-refractivity contribution < 1.29 is 19.6 Å². The monoisotopic (exact) mass is 288 g/mol. The van der Waals surface area contributed by atoms with Crippen LogP contribution in [0.4, 0.5) is 17.1 Å². The van der Waals surface area contributed by atoms with Crippen molar-refractivity contribution in [2.24, 2.45) is 0 Å². The standard InChI is InChI=1S/C14H12N2O5/c1-21-14(18)9-5-6-13(17)12(7-9)15-10-3-2-4-11(8-10)16(19)20/h2-8,15,17H,1H3. The molecule has 0 saturated heterocycles. The summed E-state index contributed by atoms with van der Waals surface area (Å²) >= 11 is 0. The van der Waals surface area contributed by atoms with Crippen molar-refractivity contribution in [3.63, 3.8) is 0 Å². The molecule has 0 aliphatic carbocycles. The van der Waals surface area contributed by atoms with Gasteiger partial charge in [-0.3, -0.25) is 10.1 Å². The molecule has 2 N–H and O–H groups in total. The van der Waals surface area contributed by atoms with Crippen LogP contribution in [0.25, 0.3) is 0 Å². The van der Waals surface area contributed by atoms with Gasteiger partial charge in [0.25, 0.3) is 5.69 Å². The summed E-state index contributed by atoms with van der Waals surface area (Å²) in [6, 6.07) is 9.96. The summed E-state index contributed by atoms with van der Waals surface area (Å²) in [5, 5.41) is 23.3. The highest BCUT2D eigenvalue weighted by Gasteiger charge is 2.11. The number of benzene rings is 2. The quantitative estimate of drug-likeness (QED) is 0.388. The molecule has 0 aliphatic heterocycles. The number of hydrogen-bond donors (Lipinski definition) is 2. The average Bonchev–Trinajstić information content (AvgIpc) is 2.49. The van der Waals surface area contributed by atoms with Gasteiger partial charge in [-0.2, -0.15) is 0 Å². The van der Waals surface area contributed by atoms with Crippen LogP contribution in [-0.2, 0) is 4.74 Å². The highest BCUT2D eigenvalue weighted by atomic mass is 16.6. The van der Waals surface area contributed by atoms with Gasteiger partial charge < -0.3 is 15.2 Å². The van der Waals surface area contributed by atoms with Crippen molar-refractivity contribution in [2.75, 3.05) is 12.4 Å². The fourth-order valence-corrected chi connectivity index (χ4v) is 1.73. The first kappa shape index (κ1) is 14.3. The van der Waals surface area contributed by atoms with Crippen molar-refractivity contribution in [3.8, 4) is 5.75 Å². The minimum atomic E-state index is -0.544. The molecule has 0 aliphatic rings. The number of nitrogens with zero attached hydrogens (tertiary/aromatic N) is 1. The van der Waals surface area contributed by atoms with Crippen LogP contribution in [-0.4, -0.2) is 23.1 Å². The van der Waals surface area contributed by atoms with E-state index in [1.807, 2.05) is 0 Å². The van der Waals surface area contributed by atoms with Crippen LogP contribution in [0, 0.1) is 10.1 Å². The Morgan fingerprint density at radius 3 is 2.71 bits per heavy atom. The molecule has 21 heavy (non-hydrogen) atoms. The summed E-state index contributed by atoms with van der Waals surface area (Å²) in [6.07, 6.45) is 0. The number of non-ortho nitro benzene ring substituents is 1. The molecule has 0 radical (unpaired) electrons. The Morgan fingerprint density at radius 1 is 1.29 bits per heavy atom. The van der Waals surface area contributed by atoms with E-state index in [-0.39, 0.29) is 22.7 Å². The third kappa shape index (κ3) is 3.27. The summed E-state index contributed by atoms with van der Waals surface area (Å²) in [5.41, 5.74) is 0.840. The number of esters is 1. The lowest BCUT2D eigenvalue weighted by atomic mass is 10.1. The molecule has 0 bridgehead atoms. The highest BCUT2D eigenvalue weighted by molar-refractivity contribution is 5.91. The maximum absolute atomic E-state index is 11.5. The van der Waals surface area contributed by atoms with Crippen molar-refractivity contribution in [1.82, 2.24) is 0 Å². The Hall–Kier alpha value is -3.09. The first-order valence-corrected chi connectivity index (χ1v) is 5.94. The number of ether oxygens (including phenoxy) is 1. The third-order valence-corrected chi connectivity index (χ3v) is 2.75. The van der Waals surface area contributed by atoms with Gasteiger partial charge in [-0.1, -0.05) is 6.07 Å². The minimum Gasteiger partial charge on any atom is -0.506 e. The smallest absolute Gasteiger partial charge is 0.337 e. The highest BCUT2D eigenvalue weighted by Crippen LogP contribution is 2.29. The second-order valence-corrected chi connectivity index (χ2v) is 4.16. The maximum Gasteiger partial charge on any atom is 0.337 e.